The molecule has 5 aromatic rings. The maximum atomic E-state index is 12.6. The number of nitrogens with zero attached hydrogens (tertiary/aromatic N) is 2. The lowest BCUT2D eigenvalue weighted by atomic mass is 10.2. The SMILES string of the molecule is O=S(=O)(Oc1ccc(-c2nc3ccccc3n2Cc2ccccc2)cc1)c1cccc(Cl)c1. The van der Waals surface area contributed by atoms with Gasteiger partial charge in [0.25, 0.3) is 0 Å². The number of rotatable bonds is 6. The Morgan fingerprint density at radius 2 is 1.55 bits per heavy atom. The molecular weight excluding hydrogens is 456 g/mol. The van der Waals surface area contributed by atoms with Crippen molar-refractivity contribution in [3.8, 4) is 17.1 Å². The van der Waals surface area contributed by atoms with Crippen molar-refractivity contribution in [3.63, 3.8) is 0 Å². The molecule has 0 aliphatic heterocycles. The second-order valence-corrected chi connectivity index (χ2v) is 9.50. The second-order valence-electron chi connectivity index (χ2n) is 7.52. The van der Waals surface area contributed by atoms with Crippen molar-refractivity contribution >= 4 is 32.8 Å². The summed E-state index contributed by atoms with van der Waals surface area (Å²) >= 11 is 5.92. The third-order valence-corrected chi connectivity index (χ3v) is 6.72. The summed E-state index contributed by atoms with van der Waals surface area (Å²) in [5.74, 6) is 1.01. The first-order valence-corrected chi connectivity index (χ1v) is 12.1. The number of fused-ring (bicyclic) bond motifs is 1. The molecule has 0 atom stereocenters. The van der Waals surface area contributed by atoms with Gasteiger partial charge in [-0.2, -0.15) is 8.42 Å². The minimum absolute atomic E-state index is 0.00345. The highest BCUT2D eigenvalue weighted by atomic mass is 35.5. The molecule has 164 valence electrons. The van der Waals surface area contributed by atoms with Crippen LogP contribution in [0.3, 0.4) is 0 Å². The Labute approximate surface area is 197 Å². The van der Waals surface area contributed by atoms with Gasteiger partial charge in [0.2, 0.25) is 0 Å². The van der Waals surface area contributed by atoms with Crippen LogP contribution in [-0.2, 0) is 16.7 Å². The van der Waals surface area contributed by atoms with Crippen LogP contribution in [0.4, 0.5) is 0 Å². The van der Waals surface area contributed by atoms with Gasteiger partial charge in [-0.1, -0.05) is 60.1 Å². The summed E-state index contributed by atoms with van der Waals surface area (Å²) in [5.41, 5.74) is 3.94. The molecule has 0 amide bonds. The third kappa shape index (κ3) is 4.49. The molecule has 5 rings (SSSR count). The lowest BCUT2D eigenvalue weighted by Crippen LogP contribution is -2.09. The van der Waals surface area contributed by atoms with E-state index < -0.39 is 10.1 Å². The van der Waals surface area contributed by atoms with E-state index in [-0.39, 0.29) is 10.6 Å². The van der Waals surface area contributed by atoms with E-state index in [0.717, 1.165) is 28.0 Å². The summed E-state index contributed by atoms with van der Waals surface area (Å²) in [4.78, 5) is 4.83. The van der Waals surface area contributed by atoms with Crippen LogP contribution in [0.25, 0.3) is 22.4 Å². The Hall–Kier alpha value is -3.61. The van der Waals surface area contributed by atoms with E-state index in [2.05, 4.69) is 16.7 Å². The van der Waals surface area contributed by atoms with Gasteiger partial charge < -0.3 is 8.75 Å². The van der Waals surface area contributed by atoms with Crippen molar-refractivity contribution in [1.29, 1.82) is 0 Å². The largest absolute Gasteiger partial charge is 0.379 e. The Balaban J connectivity index is 1.48. The first kappa shape index (κ1) is 21.2. The minimum Gasteiger partial charge on any atom is -0.379 e. The zero-order valence-electron chi connectivity index (χ0n) is 17.4. The fourth-order valence-electron chi connectivity index (χ4n) is 3.68. The number of benzene rings is 4. The zero-order valence-corrected chi connectivity index (χ0v) is 19.0. The Morgan fingerprint density at radius 1 is 0.818 bits per heavy atom. The van der Waals surface area contributed by atoms with Crippen LogP contribution in [0.15, 0.2) is 108 Å². The summed E-state index contributed by atoms with van der Waals surface area (Å²) in [7, 11) is -3.99. The van der Waals surface area contributed by atoms with Crippen LogP contribution < -0.4 is 4.18 Å². The maximum Gasteiger partial charge on any atom is 0.339 e. The normalized spacial score (nSPS) is 11.5. The van der Waals surface area contributed by atoms with Crippen molar-refractivity contribution in [2.45, 2.75) is 11.4 Å². The first-order valence-electron chi connectivity index (χ1n) is 10.3. The molecule has 33 heavy (non-hydrogen) atoms. The van der Waals surface area contributed by atoms with Gasteiger partial charge in [0.05, 0.1) is 11.0 Å². The van der Waals surface area contributed by atoms with Gasteiger partial charge in [-0.15, -0.1) is 0 Å². The van der Waals surface area contributed by atoms with E-state index in [9.17, 15) is 8.42 Å². The molecule has 5 nitrogen and oxygen atoms in total. The summed E-state index contributed by atoms with van der Waals surface area (Å²) in [6.45, 7) is 0.665. The number of imidazole rings is 1. The van der Waals surface area contributed by atoms with E-state index in [1.807, 2.05) is 54.6 Å². The van der Waals surface area contributed by atoms with Gasteiger partial charge in [0.1, 0.15) is 16.5 Å². The highest BCUT2D eigenvalue weighted by molar-refractivity contribution is 7.87. The molecule has 0 bridgehead atoms. The first-order chi connectivity index (χ1) is 16.0. The van der Waals surface area contributed by atoms with Crippen molar-refractivity contribution in [3.05, 3.63) is 114 Å². The average molecular weight is 475 g/mol. The van der Waals surface area contributed by atoms with E-state index in [1.54, 1.807) is 24.3 Å². The topological polar surface area (TPSA) is 61.2 Å². The Bertz CT molecular complexity index is 1530. The molecule has 7 heteroatoms. The maximum absolute atomic E-state index is 12.6. The molecule has 0 saturated carbocycles. The monoisotopic (exact) mass is 474 g/mol. The smallest absolute Gasteiger partial charge is 0.339 e. The van der Waals surface area contributed by atoms with Crippen LogP contribution in [-0.4, -0.2) is 18.0 Å². The Kier molecular flexibility index (Phi) is 5.62. The predicted octanol–water partition coefficient (Wildman–Crippen LogP) is 6.17. The lowest BCUT2D eigenvalue weighted by Gasteiger charge is -2.11. The second kappa shape index (κ2) is 8.73. The molecule has 0 radical (unpaired) electrons. The standard InChI is InChI=1S/C26H19ClN2O3S/c27-21-9-6-10-23(17-21)33(30,31)32-22-15-13-20(14-16-22)26-28-24-11-4-5-12-25(24)29(26)18-19-7-2-1-3-8-19/h1-17H,18H2. The van der Waals surface area contributed by atoms with Crippen LogP contribution in [0.1, 0.15) is 5.56 Å². The summed E-state index contributed by atoms with van der Waals surface area (Å²) < 4.78 is 32.6. The van der Waals surface area contributed by atoms with E-state index in [0.29, 0.717) is 11.6 Å². The van der Waals surface area contributed by atoms with Crippen molar-refractivity contribution < 1.29 is 12.6 Å². The van der Waals surface area contributed by atoms with Gasteiger partial charge in [0, 0.05) is 17.1 Å². The number of para-hydroxylation sites is 2. The van der Waals surface area contributed by atoms with E-state index in [4.69, 9.17) is 20.8 Å². The highest BCUT2D eigenvalue weighted by Gasteiger charge is 2.18. The number of hydrogen-bond donors (Lipinski definition) is 0. The molecule has 0 fully saturated rings. The highest BCUT2D eigenvalue weighted by Crippen LogP contribution is 2.28. The molecular formula is C26H19ClN2O3S. The lowest BCUT2D eigenvalue weighted by molar-refractivity contribution is 0.486. The van der Waals surface area contributed by atoms with E-state index in [1.165, 1.54) is 12.1 Å². The fourth-order valence-corrected chi connectivity index (χ4v) is 4.91. The number of halogens is 1. The third-order valence-electron chi connectivity index (χ3n) is 5.24. The molecule has 4 aromatic carbocycles. The molecule has 0 N–H and O–H groups in total. The molecule has 0 aliphatic carbocycles. The Morgan fingerprint density at radius 3 is 2.30 bits per heavy atom. The zero-order chi connectivity index (χ0) is 22.8. The van der Waals surface area contributed by atoms with Gasteiger partial charge in [-0.05, 0) is 60.2 Å². The van der Waals surface area contributed by atoms with Crippen molar-refractivity contribution in [2.75, 3.05) is 0 Å². The van der Waals surface area contributed by atoms with E-state index >= 15 is 0 Å². The predicted molar refractivity (Wildman–Crippen MR) is 130 cm³/mol. The average Bonchev–Trinajstić information content (AvgIpc) is 3.18. The van der Waals surface area contributed by atoms with Crippen molar-refractivity contribution in [1.82, 2.24) is 9.55 Å². The quantitative estimate of drug-likeness (QED) is 0.276. The summed E-state index contributed by atoms with van der Waals surface area (Å²) in [6.07, 6.45) is 0. The summed E-state index contributed by atoms with van der Waals surface area (Å²) in [5, 5.41) is 0.326. The van der Waals surface area contributed by atoms with Gasteiger partial charge in [-0.3, -0.25) is 0 Å². The van der Waals surface area contributed by atoms with Crippen molar-refractivity contribution in [2.24, 2.45) is 0 Å². The molecule has 0 unspecified atom stereocenters. The minimum atomic E-state index is -3.99. The number of hydrogen-bond acceptors (Lipinski definition) is 4. The molecule has 0 spiro atoms. The van der Waals surface area contributed by atoms with Crippen LogP contribution in [0.5, 0.6) is 5.75 Å². The molecule has 0 aliphatic rings. The molecule has 1 heterocycles. The van der Waals surface area contributed by atoms with Gasteiger partial charge >= 0.3 is 10.1 Å². The molecule has 0 saturated heterocycles. The van der Waals surface area contributed by atoms with Gasteiger partial charge in [0.15, 0.2) is 0 Å². The van der Waals surface area contributed by atoms with Crippen LogP contribution in [0, 0.1) is 0 Å². The van der Waals surface area contributed by atoms with Gasteiger partial charge in [-0.25, -0.2) is 4.98 Å². The van der Waals surface area contributed by atoms with Crippen LogP contribution >= 0.6 is 11.6 Å². The fraction of sp³-hybridized carbons (Fsp3) is 0.0385. The van der Waals surface area contributed by atoms with Crippen LogP contribution in [0.2, 0.25) is 5.02 Å². The number of aromatic nitrogens is 2. The molecule has 1 aromatic heterocycles. The summed E-state index contributed by atoms with van der Waals surface area (Å²) in [6, 6.07) is 31.0.